The van der Waals surface area contributed by atoms with Crippen LogP contribution >= 0.6 is 46.1 Å². The molecule has 34 heavy (non-hydrogen) atoms. The maximum Gasteiger partial charge on any atom is 0.278 e. The summed E-state index contributed by atoms with van der Waals surface area (Å²) < 4.78 is 57.0. The maximum atomic E-state index is 14.0. The number of rotatable bonds is 5. The van der Waals surface area contributed by atoms with E-state index in [1.807, 2.05) is 0 Å². The third-order valence-corrected chi connectivity index (χ3v) is 11.8. The molecule has 0 saturated heterocycles. The minimum Gasteiger partial charge on any atom is -0.240 e. The van der Waals surface area contributed by atoms with E-state index in [1.54, 1.807) is 13.0 Å². The standard InChI is InChI=1S/C22H17Cl3N2O4S3/c1-12-15(23)6-4-8-19(12)33(28,29)27(34(30,31)20-9-5-7-16(24)13(20)2)17-10-11-18-22(21(17)25)26-14(3)32-18/h4-11H,1-3H3. The predicted octanol–water partition coefficient (Wildman–Crippen LogP) is 6.77. The Labute approximate surface area is 216 Å². The smallest absolute Gasteiger partial charge is 0.240 e. The zero-order valence-corrected chi connectivity index (χ0v) is 22.7. The molecule has 4 aromatic rings. The van der Waals surface area contributed by atoms with E-state index in [-0.39, 0.29) is 41.7 Å². The second kappa shape index (κ2) is 8.96. The van der Waals surface area contributed by atoms with Crippen LogP contribution in [0.25, 0.3) is 10.2 Å². The van der Waals surface area contributed by atoms with Gasteiger partial charge >= 0.3 is 0 Å². The van der Waals surface area contributed by atoms with Gasteiger partial charge in [0.15, 0.2) is 0 Å². The highest BCUT2D eigenvalue weighted by Crippen LogP contribution is 2.42. The van der Waals surface area contributed by atoms with Crippen molar-refractivity contribution in [3.05, 3.63) is 79.7 Å². The van der Waals surface area contributed by atoms with Gasteiger partial charge in [-0.1, -0.05) is 46.9 Å². The third-order valence-electron chi connectivity index (χ3n) is 5.21. The number of sulfonamides is 2. The molecule has 0 fully saturated rings. The van der Waals surface area contributed by atoms with Gasteiger partial charge in [0.2, 0.25) is 0 Å². The minimum atomic E-state index is -4.72. The Hall–Kier alpha value is -1.88. The number of anilines is 1. The summed E-state index contributed by atoms with van der Waals surface area (Å²) in [6, 6.07) is 11.5. The van der Waals surface area contributed by atoms with E-state index >= 15 is 0 Å². The molecule has 0 radical (unpaired) electrons. The average Bonchev–Trinajstić information content (AvgIpc) is 3.14. The largest absolute Gasteiger partial charge is 0.278 e. The van der Waals surface area contributed by atoms with Crippen molar-refractivity contribution in [2.24, 2.45) is 0 Å². The van der Waals surface area contributed by atoms with Gasteiger partial charge in [-0.3, -0.25) is 0 Å². The van der Waals surface area contributed by atoms with Crippen LogP contribution in [0.4, 0.5) is 5.69 Å². The number of nitrogens with zero attached hydrogens (tertiary/aromatic N) is 2. The second-order valence-electron chi connectivity index (χ2n) is 7.41. The highest BCUT2D eigenvalue weighted by Gasteiger charge is 2.40. The first-order valence-electron chi connectivity index (χ1n) is 9.73. The zero-order valence-electron chi connectivity index (χ0n) is 18.0. The molecule has 0 bridgehead atoms. The van der Waals surface area contributed by atoms with Crippen molar-refractivity contribution >= 4 is 82.1 Å². The number of hydrogen-bond donors (Lipinski definition) is 0. The first kappa shape index (κ1) is 25.2. The Morgan fingerprint density at radius 3 is 1.76 bits per heavy atom. The Morgan fingerprint density at radius 2 is 1.26 bits per heavy atom. The number of fused-ring (bicyclic) bond motifs is 1. The van der Waals surface area contributed by atoms with Crippen LogP contribution in [0, 0.1) is 20.8 Å². The lowest BCUT2D eigenvalue weighted by Crippen LogP contribution is -2.38. The lowest BCUT2D eigenvalue weighted by atomic mass is 10.2. The molecule has 0 N–H and O–H groups in total. The van der Waals surface area contributed by atoms with Gasteiger partial charge in [0.1, 0.15) is 5.52 Å². The quantitative estimate of drug-likeness (QED) is 0.262. The van der Waals surface area contributed by atoms with E-state index < -0.39 is 20.0 Å². The second-order valence-corrected chi connectivity index (χ2v) is 13.6. The summed E-state index contributed by atoms with van der Waals surface area (Å²) >= 11 is 20.3. The van der Waals surface area contributed by atoms with Crippen LogP contribution in [0.2, 0.25) is 15.1 Å². The van der Waals surface area contributed by atoms with Crippen molar-refractivity contribution in [3.8, 4) is 0 Å². The fourth-order valence-corrected chi connectivity index (χ4v) is 9.44. The lowest BCUT2D eigenvalue weighted by Gasteiger charge is -2.26. The van der Waals surface area contributed by atoms with E-state index in [2.05, 4.69) is 4.98 Å². The van der Waals surface area contributed by atoms with E-state index in [4.69, 9.17) is 34.8 Å². The summed E-state index contributed by atoms with van der Waals surface area (Å²) in [5.41, 5.74) is 0.462. The van der Waals surface area contributed by atoms with E-state index in [0.717, 1.165) is 0 Å². The van der Waals surface area contributed by atoms with Crippen molar-refractivity contribution in [1.82, 2.24) is 4.98 Å². The van der Waals surface area contributed by atoms with Gasteiger partial charge in [-0.15, -0.1) is 11.3 Å². The van der Waals surface area contributed by atoms with Crippen molar-refractivity contribution in [2.75, 3.05) is 3.71 Å². The number of thiazole rings is 1. The summed E-state index contributed by atoms with van der Waals surface area (Å²) in [7, 11) is -9.44. The van der Waals surface area contributed by atoms with Gasteiger partial charge in [-0.2, -0.15) is 20.5 Å². The van der Waals surface area contributed by atoms with Gasteiger partial charge in [-0.05, 0) is 68.3 Å². The SMILES string of the molecule is Cc1nc2c(Cl)c(N(S(=O)(=O)c3cccc(Cl)c3C)S(=O)(=O)c3cccc(Cl)c3C)ccc2s1. The lowest BCUT2D eigenvalue weighted by molar-refractivity contribution is 0.583. The Balaban J connectivity index is 2.10. The normalized spacial score (nSPS) is 12.3. The van der Waals surface area contributed by atoms with E-state index in [1.165, 1.54) is 67.6 Å². The molecule has 4 rings (SSSR count). The van der Waals surface area contributed by atoms with Crippen molar-refractivity contribution < 1.29 is 16.8 Å². The van der Waals surface area contributed by atoms with Gasteiger partial charge in [0.25, 0.3) is 20.0 Å². The molecular weight excluding hydrogens is 559 g/mol. The van der Waals surface area contributed by atoms with Gasteiger partial charge in [-0.25, -0.2) is 4.98 Å². The van der Waals surface area contributed by atoms with Gasteiger partial charge < -0.3 is 0 Å². The summed E-state index contributed by atoms with van der Waals surface area (Å²) in [6.07, 6.45) is 0. The molecule has 0 aliphatic rings. The van der Waals surface area contributed by atoms with E-state index in [9.17, 15) is 16.8 Å². The summed E-state index contributed by atoms with van der Waals surface area (Å²) in [5, 5.41) is 0.944. The third kappa shape index (κ3) is 4.08. The number of halogens is 3. The Kier molecular flexibility index (Phi) is 6.65. The molecule has 0 amide bonds. The number of aromatic nitrogens is 1. The molecule has 178 valence electrons. The first-order valence-corrected chi connectivity index (χ1v) is 14.6. The molecule has 0 aliphatic carbocycles. The Bertz CT molecular complexity index is 1580. The topological polar surface area (TPSA) is 84.4 Å². The van der Waals surface area contributed by atoms with Crippen molar-refractivity contribution in [3.63, 3.8) is 0 Å². The molecule has 3 aromatic carbocycles. The Morgan fingerprint density at radius 1 is 0.765 bits per heavy atom. The van der Waals surface area contributed by atoms with Crippen LogP contribution in [0.3, 0.4) is 0 Å². The molecule has 12 heteroatoms. The van der Waals surface area contributed by atoms with Crippen LogP contribution < -0.4 is 3.71 Å². The molecule has 0 atom stereocenters. The maximum absolute atomic E-state index is 14.0. The van der Waals surface area contributed by atoms with Gasteiger partial charge in [0.05, 0.1) is 30.2 Å². The molecule has 6 nitrogen and oxygen atoms in total. The molecular formula is C22H17Cl3N2O4S3. The molecule has 0 unspecified atom stereocenters. The summed E-state index contributed by atoms with van der Waals surface area (Å²) in [6.45, 7) is 4.77. The van der Waals surface area contributed by atoms with Gasteiger partial charge in [0, 0.05) is 10.0 Å². The molecule has 0 spiro atoms. The minimum absolute atomic E-state index is 0.103. The van der Waals surface area contributed by atoms with Crippen molar-refractivity contribution in [2.45, 2.75) is 30.6 Å². The molecule has 1 aromatic heterocycles. The predicted molar refractivity (Wildman–Crippen MR) is 139 cm³/mol. The number of hydrogen-bond acceptors (Lipinski definition) is 6. The van der Waals surface area contributed by atoms with Crippen LogP contribution in [0.15, 0.2) is 58.3 Å². The molecule has 0 aliphatic heterocycles. The van der Waals surface area contributed by atoms with Crippen LogP contribution in [-0.4, -0.2) is 21.8 Å². The number of benzene rings is 3. The zero-order chi connectivity index (χ0) is 25.0. The summed E-state index contributed by atoms with van der Waals surface area (Å²) in [4.78, 5) is 3.82. The fourth-order valence-electron chi connectivity index (χ4n) is 3.50. The van der Waals surface area contributed by atoms with Crippen LogP contribution in [-0.2, 0) is 20.0 Å². The first-order chi connectivity index (χ1) is 15.9. The number of aryl methyl sites for hydroxylation is 1. The van der Waals surface area contributed by atoms with Crippen LogP contribution in [0.1, 0.15) is 16.1 Å². The van der Waals surface area contributed by atoms with Crippen molar-refractivity contribution in [1.29, 1.82) is 0 Å². The highest BCUT2D eigenvalue weighted by molar-refractivity contribution is 8.10. The average molecular weight is 576 g/mol. The van der Waals surface area contributed by atoms with E-state index in [0.29, 0.717) is 18.9 Å². The summed E-state index contributed by atoms with van der Waals surface area (Å²) in [5.74, 6) is 0. The molecule has 0 saturated carbocycles. The fraction of sp³-hybridized carbons (Fsp3) is 0.136. The van der Waals surface area contributed by atoms with Crippen LogP contribution in [0.5, 0.6) is 0 Å². The molecule has 1 heterocycles. The highest BCUT2D eigenvalue weighted by atomic mass is 35.5. The monoisotopic (exact) mass is 574 g/mol.